The van der Waals surface area contributed by atoms with Crippen LogP contribution >= 0.6 is 0 Å². The van der Waals surface area contributed by atoms with Crippen LogP contribution in [0.1, 0.15) is 23.7 Å². The minimum Gasteiger partial charge on any atom is -0.398 e. The lowest BCUT2D eigenvalue weighted by atomic mass is 9.90. The summed E-state index contributed by atoms with van der Waals surface area (Å²) in [7, 11) is 0. The second-order valence-corrected chi connectivity index (χ2v) is 5.75. The van der Waals surface area contributed by atoms with Crippen molar-refractivity contribution in [1.82, 2.24) is 9.97 Å². The van der Waals surface area contributed by atoms with Gasteiger partial charge in [-0.15, -0.1) is 0 Å². The molecule has 0 bridgehead atoms. The zero-order chi connectivity index (χ0) is 17.8. The molecule has 1 aliphatic rings. The minimum atomic E-state index is -0.403. The summed E-state index contributed by atoms with van der Waals surface area (Å²) in [6.07, 6.45) is 6.31. The van der Waals surface area contributed by atoms with E-state index < -0.39 is 5.92 Å². The first-order valence-corrected chi connectivity index (χ1v) is 8.13. The predicted molar refractivity (Wildman–Crippen MR) is 96.8 cm³/mol. The molecule has 0 aliphatic heterocycles. The summed E-state index contributed by atoms with van der Waals surface area (Å²) in [4.78, 5) is 21.3. The topological polar surface area (TPSA) is 80.9 Å². The van der Waals surface area contributed by atoms with Crippen molar-refractivity contribution >= 4 is 17.4 Å². The molecule has 1 aromatic carbocycles. The molecule has 1 aliphatic carbocycles. The third kappa shape index (κ3) is 3.74. The average Bonchev–Trinajstić information content (AvgIpc) is 2.63. The van der Waals surface area contributed by atoms with Crippen LogP contribution in [0.3, 0.4) is 0 Å². The molecule has 5 nitrogen and oxygen atoms in total. The maximum atomic E-state index is 13.1. The van der Waals surface area contributed by atoms with Crippen molar-refractivity contribution in [3.63, 3.8) is 0 Å². The van der Waals surface area contributed by atoms with Crippen LogP contribution in [0.25, 0.3) is 11.3 Å². The number of anilines is 2. The van der Waals surface area contributed by atoms with Gasteiger partial charge in [0, 0.05) is 35.5 Å². The molecule has 0 amide bonds. The van der Waals surface area contributed by atoms with Crippen LogP contribution in [0, 0.1) is 5.92 Å². The van der Waals surface area contributed by atoms with Gasteiger partial charge in [0.2, 0.25) is 5.95 Å². The van der Waals surface area contributed by atoms with E-state index in [1.54, 1.807) is 30.5 Å². The van der Waals surface area contributed by atoms with Gasteiger partial charge in [-0.05, 0) is 43.7 Å². The Balaban J connectivity index is 1.92. The highest BCUT2D eigenvalue weighted by Crippen LogP contribution is 2.28. The van der Waals surface area contributed by atoms with E-state index in [-0.39, 0.29) is 11.6 Å². The molecule has 1 atom stereocenters. The Kier molecular flexibility index (Phi) is 4.88. The van der Waals surface area contributed by atoms with Crippen molar-refractivity contribution in [2.75, 3.05) is 17.6 Å². The molecular weight excluding hydrogens is 319 g/mol. The van der Waals surface area contributed by atoms with Crippen molar-refractivity contribution in [2.45, 2.75) is 13.3 Å². The van der Waals surface area contributed by atoms with Crippen LogP contribution in [0.4, 0.5) is 16.0 Å². The third-order valence-electron chi connectivity index (χ3n) is 4.00. The summed E-state index contributed by atoms with van der Waals surface area (Å²) >= 11 is 0. The molecule has 1 aromatic heterocycles. The monoisotopic (exact) mass is 338 g/mol. The van der Waals surface area contributed by atoms with E-state index in [2.05, 4.69) is 15.3 Å². The zero-order valence-electron chi connectivity index (χ0n) is 13.9. The van der Waals surface area contributed by atoms with Gasteiger partial charge in [0.05, 0.1) is 5.69 Å². The van der Waals surface area contributed by atoms with E-state index in [9.17, 15) is 9.18 Å². The number of ketones is 1. The lowest BCUT2D eigenvalue weighted by Gasteiger charge is -2.15. The number of allylic oxidation sites excluding steroid dienone is 4. The minimum absolute atomic E-state index is 0.125. The van der Waals surface area contributed by atoms with Crippen LogP contribution in [-0.4, -0.2) is 22.3 Å². The van der Waals surface area contributed by atoms with Crippen LogP contribution in [-0.2, 0) is 0 Å². The molecule has 0 saturated heterocycles. The molecule has 0 radical (unpaired) electrons. The number of halogens is 1. The number of nitrogens with zero attached hydrogens (tertiary/aromatic N) is 2. The van der Waals surface area contributed by atoms with Gasteiger partial charge in [0.25, 0.3) is 0 Å². The van der Waals surface area contributed by atoms with Crippen LogP contribution < -0.4 is 11.1 Å². The molecule has 3 N–H and O–H groups in total. The van der Waals surface area contributed by atoms with E-state index in [0.29, 0.717) is 35.9 Å². The Morgan fingerprint density at radius 1 is 1.40 bits per heavy atom. The Hall–Kier alpha value is -3.02. The van der Waals surface area contributed by atoms with E-state index in [1.807, 2.05) is 13.0 Å². The SMILES string of the molecule is CCNc1nccc(-c2ccc(N)c(C(=O)C3C=CC(F)=CC3)c2)n1. The van der Waals surface area contributed by atoms with Crippen molar-refractivity contribution in [3.8, 4) is 11.3 Å². The Bertz CT molecular complexity index is 860. The number of nitrogen functional groups attached to an aromatic ring is 1. The number of hydrogen-bond donors (Lipinski definition) is 2. The fraction of sp³-hybridized carbons (Fsp3) is 0.211. The maximum absolute atomic E-state index is 13.1. The van der Waals surface area contributed by atoms with Gasteiger partial charge in [0.1, 0.15) is 5.83 Å². The largest absolute Gasteiger partial charge is 0.398 e. The second-order valence-electron chi connectivity index (χ2n) is 5.75. The first-order valence-electron chi connectivity index (χ1n) is 8.13. The number of hydrogen-bond acceptors (Lipinski definition) is 5. The standard InChI is InChI=1S/C19H19FN4O/c1-2-22-19-23-10-9-17(24-19)13-5-8-16(21)15(11-13)18(25)12-3-6-14(20)7-4-12/h3,5-12H,2,4,21H2,1H3,(H,22,23,24). The molecule has 0 fully saturated rings. The van der Waals surface area contributed by atoms with Crippen molar-refractivity contribution < 1.29 is 9.18 Å². The van der Waals surface area contributed by atoms with E-state index in [4.69, 9.17) is 5.73 Å². The highest BCUT2D eigenvalue weighted by atomic mass is 19.1. The number of carbonyl (C=O) groups excluding carboxylic acids is 1. The highest BCUT2D eigenvalue weighted by molar-refractivity contribution is 6.04. The molecule has 3 rings (SSSR count). The molecule has 1 heterocycles. The summed E-state index contributed by atoms with van der Waals surface area (Å²) < 4.78 is 13.1. The molecule has 0 spiro atoms. The number of rotatable bonds is 5. The van der Waals surface area contributed by atoms with Gasteiger partial charge in [-0.25, -0.2) is 14.4 Å². The molecule has 6 heteroatoms. The summed E-state index contributed by atoms with van der Waals surface area (Å²) in [5.41, 5.74) is 8.30. The molecule has 0 saturated carbocycles. The quantitative estimate of drug-likeness (QED) is 0.641. The maximum Gasteiger partial charge on any atom is 0.223 e. The first kappa shape index (κ1) is 16.8. The molecule has 25 heavy (non-hydrogen) atoms. The van der Waals surface area contributed by atoms with Gasteiger partial charge in [-0.3, -0.25) is 4.79 Å². The number of Topliss-reactive ketones (excluding diaryl/α,β-unsaturated/α-hetero) is 1. The van der Waals surface area contributed by atoms with Gasteiger partial charge < -0.3 is 11.1 Å². The number of aromatic nitrogens is 2. The molecule has 1 unspecified atom stereocenters. The second kappa shape index (κ2) is 7.25. The van der Waals surface area contributed by atoms with Crippen molar-refractivity contribution in [3.05, 3.63) is 60.1 Å². The van der Waals surface area contributed by atoms with Gasteiger partial charge in [-0.2, -0.15) is 0 Å². The number of nitrogens with two attached hydrogens (primary N) is 1. The fourth-order valence-corrected chi connectivity index (χ4v) is 2.68. The fourth-order valence-electron chi connectivity index (χ4n) is 2.68. The van der Waals surface area contributed by atoms with Crippen molar-refractivity contribution in [2.24, 2.45) is 5.92 Å². The van der Waals surface area contributed by atoms with Gasteiger partial charge in [0.15, 0.2) is 5.78 Å². The number of nitrogens with one attached hydrogen (secondary N) is 1. The lowest BCUT2D eigenvalue weighted by Crippen LogP contribution is -2.15. The van der Waals surface area contributed by atoms with E-state index >= 15 is 0 Å². The first-order chi connectivity index (χ1) is 12.1. The summed E-state index contributed by atoms with van der Waals surface area (Å²) in [6, 6.07) is 7.03. The Morgan fingerprint density at radius 3 is 2.96 bits per heavy atom. The predicted octanol–water partition coefficient (Wildman–Crippen LogP) is 3.77. The summed E-state index contributed by atoms with van der Waals surface area (Å²) in [6.45, 7) is 2.68. The van der Waals surface area contributed by atoms with Gasteiger partial charge >= 0.3 is 0 Å². The van der Waals surface area contributed by atoms with Gasteiger partial charge in [-0.1, -0.05) is 12.1 Å². The Labute approximate surface area is 145 Å². The highest BCUT2D eigenvalue weighted by Gasteiger charge is 2.21. The number of benzene rings is 1. The number of carbonyl (C=O) groups is 1. The average molecular weight is 338 g/mol. The third-order valence-corrected chi connectivity index (χ3v) is 4.00. The molecule has 128 valence electrons. The lowest BCUT2D eigenvalue weighted by molar-refractivity contribution is 0.0946. The van der Waals surface area contributed by atoms with Crippen LogP contribution in [0.15, 0.2) is 54.5 Å². The van der Waals surface area contributed by atoms with E-state index in [1.165, 1.54) is 12.2 Å². The van der Waals surface area contributed by atoms with Crippen LogP contribution in [0.5, 0.6) is 0 Å². The molecular formula is C19H19FN4O. The normalized spacial score (nSPS) is 16.4. The molecule has 2 aromatic rings. The van der Waals surface area contributed by atoms with Crippen molar-refractivity contribution in [1.29, 1.82) is 0 Å². The zero-order valence-corrected chi connectivity index (χ0v) is 13.9. The summed E-state index contributed by atoms with van der Waals surface area (Å²) in [5, 5.41) is 3.06. The van der Waals surface area contributed by atoms with Crippen LogP contribution in [0.2, 0.25) is 0 Å². The Morgan fingerprint density at radius 2 is 2.24 bits per heavy atom. The van der Waals surface area contributed by atoms with E-state index in [0.717, 1.165) is 5.56 Å². The summed E-state index contributed by atoms with van der Waals surface area (Å²) in [5.74, 6) is -0.316. The smallest absolute Gasteiger partial charge is 0.223 e.